The Hall–Kier alpha value is -1.30. The summed E-state index contributed by atoms with van der Waals surface area (Å²) in [5.41, 5.74) is 0. The average molecular weight is 386 g/mol. The van der Waals surface area contributed by atoms with E-state index in [9.17, 15) is 9.59 Å². The standard InChI is InChI=1S/C21H43N3O3/c1-5-7-8-9-10-11-12-13-14-15-18(6-2)22-21(27)23-19(16-20(25)26)17-24(3)4/h18-19H,5-17H2,1-4H3,(H,25,26)(H2,22,23,27)/t18?,19-/m1/s1. The molecule has 0 saturated heterocycles. The van der Waals surface area contributed by atoms with Crippen LogP contribution in [-0.4, -0.2) is 54.7 Å². The van der Waals surface area contributed by atoms with Gasteiger partial charge in [0.25, 0.3) is 0 Å². The first-order chi connectivity index (χ1) is 12.9. The van der Waals surface area contributed by atoms with Crippen LogP contribution in [0.4, 0.5) is 4.79 Å². The third-order valence-electron chi connectivity index (χ3n) is 4.83. The average Bonchev–Trinajstić information content (AvgIpc) is 2.57. The van der Waals surface area contributed by atoms with Crippen LogP contribution in [-0.2, 0) is 4.79 Å². The molecule has 0 aliphatic heterocycles. The number of carbonyl (C=O) groups is 2. The van der Waals surface area contributed by atoms with Crippen LogP contribution in [0.25, 0.3) is 0 Å². The van der Waals surface area contributed by atoms with Gasteiger partial charge in [0.15, 0.2) is 0 Å². The second kappa shape index (κ2) is 16.8. The maximum Gasteiger partial charge on any atom is 0.315 e. The Balaban J connectivity index is 3.98. The Bertz CT molecular complexity index is 389. The van der Waals surface area contributed by atoms with Crippen LogP contribution >= 0.6 is 0 Å². The fraction of sp³-hybridized carbons (Fsp3) is 0.905. The van der Waals surface area contributed by atoms with Crippen molar-refractivity contribution in [2.75, 3.05) is 20.6 Å². The molecule has 0 rings (SSSR count). The quantitative estimate of drug-likeness (QED) is 0.324. The highest BCUT2D eigenvalue weighted by Crippen LogP contribution is 2.12. The minimum absolute atomic E-state index is 0.0688. The fourth-order valence-electron chi connectivity index (χ4n) is 3.30. The second-order valence-corrected chi connectivity index (χ2v) is 7.90. The number of carbonyl (C=O) groups excluding carboxylic acids is 1. The first-order valence-corrected chi connectivity index (χ1v) is 10.8. The molecule has 0 fully saturated rings. The lowest BCUT2D eigenvalue weighted by atomic mass is 10.0. The van der Waals surface area contributed by atoms with Crippen molar-refractivity contribution in [2.24, 2.45) is 0 Å². The maximum atomic E-state index is 12.2. The van der Waals surface area contributed by atoms with Crippen molar-refractivity contribution < 1.29 is 14.7 Å². The van der Waals surface area contributed by atoms with E-state index in [1.165, 1.54) is 51.4 Å². The highest BCUT2D eigenvalue weighted by atomic mass is 16.4. The van der Waals surface area contributed by atoms with E-state index in [1.807, 2.05) is 19.0 Å². The van der Waals surface area contributed by atoms with Gasteiger partial charge in [-0.3, -0.25) is 4.79 Å². The largest absolute Gasteiger partial charge is 0.481 e. The molecule has 0 spiro atoms. The van der Waals surface area contributed by atoms with Crippen LogP contribution in [0, 0.1) is 0 Å². The molecule has 0 aromatic heterocycles. The third-order valence-corrected chi connectivity index (χ3v) is 4.83. The zero-order valence-electron chi connectivity index (χ0n) is 18.1. The van der Waals surface area contributed by atoms with Crippen molar-refractivity contribution in [1.82, 2.24) is 15.5 Å². The van der Waals surface area contributed by atoms with Gasteiger partial charge in [-0.05, 0) is 26.9 Å². The summed E-state index contributed by atoms with van der Waals surface area (Å²) in [5, 5.41) is 14.8. The molecule has 0 heterocycles. The first kappa shape index (κ1) is 25.7. The number of aliphatic carboxylic acids is 1. The van der Waals surface area contributed by atoms with E-state index in [1.54, 1.807) is 0 Å². The summed E-state index contributed by atoms with van der Waals surface area (Å²) in [6, 6.07) is -0.493. The van der Waals surface area contributed by atoms with Crippen LogP contribution < -0.4 is 10.6 Å². The van der Waals surface area contributed by atoms with Gasteiger partial charge in [-0.1, -0.05) is 71.6 Å². The van der Waals surface area contributed by atoms with E-state index < -0.39 is 5.97 Å². The van der Waals surface area contributed by atoms with Gasteiger partial charge < -0.3 is 20.6 Å². The molecule has 1 unspecified atom stereocenters. The molecular weight excluding hydrogens is 342 g/mol. The van der Waals surface area contributed by atoms with Crippen LogP contribution in [0.15, 0.2) is 0 Å². The Labute approximate surface area is 166 Å². The number of carboxylic acids is 1. The lowest BCUT2D eigenvalue weighted by molar-refractivity contribution is -0.137. The second-order valence-electron chi connectivity index (χ2n) is 7.90. The molecule has 0 aromatic carbocycles. The number of nitrogens with one attached hydrogen (secondary N) is 2. The number of carboxylic acid groups (broad SMARTS) is 1. The Morgan fingerprint density at radius 3 is 1.85 bits per heavy atom. The minimum Gasteiger partial charge on any atom is -0.481 e. The SMILES string of the molecule is CCCCCCCCCCCC(CC)NC(=O)N[C@H](CC(=O)O)CN(C)C. The van der Waals surface area contributed by atoms with Gasteiger partial charge in [0.05, 0.1) is 12.5 Å². The molecule has 6 heteroatoms. The summed E-state index contributed by atoms with van der Waals surface area (Å²) in [4.78, 5) is 25.1. The van der Waals surface area contributed by atoms with E-state index in [2.05, 4.69) is 24.5 Å². The van der Waals surface area contributed by atoms with Crippen LogP contribution in [0.1, 0.15) is 90.9 Å². The summed E-state index contributed by atoms with van der Waals surface area (Å²) in [7, 11) is 3.74. The van der Waals surface area contributed by atoms with Crippen molar-refractivity contribution in [2.45, 2.75) is 103 Å². The minimum atomic E-state index is -0.899. The van der Waals surface area contributed by atoms with Crippen LogP contribution in [0.3, 0.4) is 0 Å². The highest BCUT2D eigenvalue weighted by molar-refractivity contribution is 5.76. The maximum absolute atomic E-state index is 12.2. The van der Waals surface area contributed by atoms with E-state index >= 15 is 0 Å². The first-order valence-electron chi connectivity index (χ1n) is 10.8. The topological polar surface area (TPSA) is 81.7 Å². The summed E-state index contributed by atoms with van der Waals surface area (Å²) < 4.78 is 0. The molecule has 0 aromatic rings. The van der Waals surface area contributed by atoms with Crippen molar-refractivity contribution in [3.63, 3.8) is 0 Å². The molecule has 160 valence electrons. The predicted molar refractivity (Wildman–Crippen MR) is 112 cm³/mol. The van der Waals surface area contributed by atoms with Gasteiger partial charge in [-0.2, -0.15) is 0 Å². The number of unbranched alkanes of at least 4 members (excludes halogenated alkanes) is 8. The zero-order valence-corrected chi connectivity index (χ0v) is 18.1. The Kier molecular flexibility index (Phi) is 16.0. The normalized spacial score (nSPS) is 13.4. The third kappa shape index (κ3) is 16.6. The lowest BCUT2D eigenvalue weighted by Crippen LogP contribution is -2.49. The van der Waals surface area contributed by atoms with Gasteiger partial charge in [-0.15, -0.1) is 0 Å². The molecule has 0 aliphatic carbocycles. The monoisotopic (exact) mass is 385 g/mol. The molecule has 0 radical (unpaired) electrons. The van der Waals surface area contributed by atoms with E-state index in [0.29, 0.717) is 6.54 Å². The molecule has 27 heavy (non-hydrogen) atoms. The van der Waals surface area contributed by atoms with Gasteiger partial charge in [0.1, 0.15) is 0 Å². The molecule has 6 nitrogen and oxygen atoms in total. The summed E-state index contributed by atoms with van der Waals surface area (Å²) >= 11 is 0. The number of likely N-dealkylation sites (N-methyl/N-ethyl adjacent to an activating group) is 1. The summed E-state index contributed by atoms with van der Waals surface area (Å²) in [6.45, 7) is 4.83. The molecule has 0 aliphatic rings. The number of rotatable bonds is 17. The van der Waals surface area contributed by atoms with Crippen LogP contribution in [0.2, 0.25) is 0 Å². The molecule has 0 saturated carbocycles. The van der Waals surface area contributed by atoms with Gasteiger partial charge in [-0.25, -0.2) is 4.79 Å². The number of nitrogens with zero attached hydrogens (tertiary/aromatic N) is 1. The predicted octanol–water partition coefficient (Wildman–Crippen LogP) is 4.39. The molecule has 3 N–H and O–H groups in total. The summed E-state index contributed by atoms with van der Waals surface area (Å²) in [6.07, 6.45) is 13.5. The van der Waals surface area contributed by atoms with Gasteiger partial charge in [0, 0.05) is 12.6 Å². The van der Waals surface area contributed by atoms with E-state index in [-0.39, 0.29) is 24.5 Å². The highest BCUT2D eigenvalue weighted by Gasteiger charge is 2.18. The molecule has 2 amide bonds. The van der Waals surface area contributed by atoms with Gasteiger partial charge in [0.2, 0.25) is 0 Å². The zero-order chi connectivity index (χ0) is 20.5. The van der Waals surface area contributed by atoms with Crippen molar-refractivity contribution in [3.05, 3.63) is 0 Å². The fourth-order valence-corrected chi connectivity index (χ4v) is 3.30. The number of hydrogen-bond acceptors (Lipinski definition) is 3. The molecular formula is C21H43N3O3. The lowest BCUT2D eigenvalue weighted by Gasteiger charge is -2.23. The Morgan fingerprint density at radius 1 is 0.852 bits per heavy atom. The smallest absolute Gasteiger partial charge is 0.315 e. The van der Waals surface area contributed by atoms with Crippen molar-refractivity contribution in [1.29, 1.82) is 0 Å². The molecule has 2 atom stereocenters. The molecule has 0 bridgehead atoms. The van der Waals surface area contributed by atoms with Crippen molar-refractivity contribution in [3.8, 4) is 0 Å². The number of hydrogen-bond donors (Lipinski definition) is 3. The van der Waals surface area contributed by atoms with E-state index in [4.69, 9.17) is 5.11 Å². The number of urea groups is 1. The van der Waals surface area contributed by atoms with E-state index in [0.717, 1.165) is 19.3 Å². The summed E-state index contributed by atoms with van der Waals surface area (Å²) in [5.74, 6) is -0.899. The Morgan fingerprint density at radius 2 is 1.37 bits per heavy atom. The number of amides is 2. The van der Waals surface area contributed by atoms with Gasteiger partial charge >= 0.3 is 12.0 Å². The van der Waals surface area contributed by atoms with Crippen molar-refractivity contribution >= 4 is 12.0 Å². The van der Waals surface area contributed by atoms with Crippen LogP contribution in [0.5, 0.6) is 0 Å².